The Kier molecular flexibility index (Phi) is 9.33. The van der Waals surface area contributed by atoms with Gasteiger partial charge in [0.1, 0.15) is 11.4 Å². The Hall–Kier alpha value is -2.86. The van der Waals surface area contributed by atoms with Crippen LogP contribution >= 0.6 is 0 Å². The third-order valence-electron chi connectivity index (χ3n) is 2.89. The van der Waals surface area contributed by atoms with E-state index in [0.717, 1.165) is 0 Å². The van der Waals surface area contributed by atoms with Crippen molar-refractivity contribution in [2.45, 2.75) is 38.5 Å². The average Bonchev–Trinajstić information content (AvgIpc) is 2.61. The Bertz CT molecular complexity index is 622. The molecule has 1 aromatic rings. The van der Waals surface area contributed by atoms with Crippen molar-refractivity contribution < 1.29 is 19.1 Å². The van der Waals surface area contributed by atoms with Crippen molar-refractivity contribution in [3.8, 4) is 23.7 Å². The van der Waals surface area contributed by atoms with Crippen LogP contribution in [0.15, 0.2) is 12.4 Å². The zero-order chi connectivity index (χ0) is 17.6. The summed E-state index contributed by atoms with van der Waals surface area (Å²) in [6.07, 6.45) is 6.30. The molecule has 0 spiro atoms. The molecule has 6 heteroatoms. The molecule has 0 atom stereocenters. The van der Waals surface area contributed by atoms with Crippen LogP contribution in [0.1, 0.15) is 49.9 Å². The second-order valence-corrected chi connectivity index (χ2v) is 4.75. The number of hydrogen-bond donors (Lipinski definition) is 0. The second-order valence-electron chi connectivity index (χ2n) is 4.75. The Morgan fingerprint density at radius 2 is 1.38 bits per heavy atom. The molecule has 1 heterocycles. The van der Waals surface area contributed by atoms with E-state index < -0.39 is 0 Å². The minimum absolute atomic E-state index is 0.235. The molecule has 0 aliphatic carbocycles. The van der Waals surface area contributed by atoms with E-state index in [2.05, 4.69) is 43.1 Å². The van der Waals surface area contributed by atoms with Gasteiger partial charge in [0.15, 0.2) is 0 Å². The van der Waals surface area contributed by atoms with Gasteiger partial charge in [0.2, 0.25) is 0 Å². The van der Waals surface area contributed by atoms with Crippen LogP contribution in [0.2, 0.25) is 0 Å². The van der Waals surface area contributed by atoms with Gasteiger partial charge in [-0.3, -0.25) is 14.6 Å². The van der Waals surface area contributed by atoms with E-state index in [1.54, 1.807) is 12.4 Å². The number of ether oxygens (including phenoxy) is 2. The Labute approximate surface area is 142 Å². The fourth-order valence-corrected chi connectivity index (χ4v) is 1.64. The summed E-state index contributed by atoms with van der Waals surface area (Å²) in [4.78, 5) is 30.2. The van der Waals surface area contributed by atoms with Gasteiger partial charge in [-0.25, -0.2) is 4.98 Å². The lowest BCUT2D eigenvalue weighted by molar-refractivity contribution is -0.141. The Morgan fingerprint density at radius 1 is 0.917 bits per heavy atom. The SMILES string of the molecule is COC(=O)CCCC#Cc1cncc(C#CCCCC(=O)OC)n1. The van der Waals surface area contributed by atoms with Crippen molar-refractivity contribution in [2.24, 2.45) is 0 Å². The van der Waals surface area contributed by atoms with Crippen molar-refractivity contribution in [3.05, 3.63) is 23.8 Å². The number of aromatic nitrogens is 2. The van der Waals surface area contributed by atoms with Gasteiger partial charge < -0.3 is 9.47 Å². The number of carbonyl (C=O) groups excluding carboxylic acids is 2. The quantitative estimate of drug-likeness (QED) is 0.451. The van der Waals surface area contributed by atoms with Crippen molar-refractivity contribution in [3.63, 3.8) is 0 Å². The van der Waals surface area contributed by atoms with Gasteiger partial charge in [0.05, 0.1) is 26.6 Å². The monoisotopic (exact) mass is 328 g/mol. The summed E-state index contributed by atoms with van der Waals surface area (Å²) >= 11 is 0. The molecule has 0 fully saturated rings. The molecule has 126 valence electrons. The highest BCUT2D eigenvalue weighted by molar-refractivity contribution is 5.69. The van der Waals surface area contributed by atoms with Crippen molar-refractivity contribution in [2.75, 3.05) is 14.2 Å². The lowest BCUT2D eigenvalue weighted by atomic mass is 10.2. The van der Waals surface area contributed by atoms with Gasteiger partial charge in [-0.2, -0.15) is 0 Å². The Morgan fingerprint density at radius 3 is 1.79 bits per heavy atom. The van der Waals surface area contributed by atoms with Crippen LogP contribution in [0.4, 0.5) is 0 Å². The number of unbranched alkanes of at least 4 members (excludes halogenated alkanes) is 2. The topological polar surface area (TPSA) is 78.4 Å². The maximum Gasteiger partial charge on any atom is 0.305 e. The summed E-state index contributed by atoms with van der Waals surface area (Å²) in [6.45, 7) is 0. The summed E-state index contributed by atoms with van der Waals surface area (Å²) in [5.41, 5.74) is 1.07. The first kappa shape index (κ1) is 19.2. The van der Waals surface area contributed by atoms with Crippen LogP contribution in [0, 0.1) is 23.7 Å². The van der Waals surface area contributed by atoms with E-state index >= 15 is 0 Å². The molecule has 0 N–H and O–H groups in total. The molecule has 0 aromatic carbocycles. The maximum atomic E-state index is 11.0. The maximum absolute atomic E-state index is 11.0. The average molecular weight is 328 g/mol. The molecule has 1 rings (SSSR count). The standard InChI is InChI=1S/C18H20N2O4/c1-23-17(21)11-7-3-5-9-15-13-19-14-16(20-15)10-6-4-8-12-18(22)24-2/h13-14H,3-4,7-8,11-12H2,1-2H3. The Balaban J connectivity index is 2.44. The summed E-state index contributed by atoms with van der Waals surface area (Å²) in [5, 5.41) is 0. The lowest BCUT2D eigenvalue weighted by Crippen LogP contribution is -1.98. The van der Waals surface area contributed by atoms with Crippen LogP contribution in [-0.4, -0.2) is 36.1 Å². The van der Waals surface area contributed by atoms with E-state index in [9.17, 15) is 9.59 Å². The van der Waals surface area contributed by atoms with E-state index in [4.69, 9.17) is 0 Å². The van der Waals surface area contributed by atoms with E-state index in [1.165, 1.54) is 14.2 Å². The van der Waals surface area contributed by atoms with Gasteiger partial charge in [-0.05, 0) is 24.7 Å². The van der Waals surface area contributed by atoms with Gasteiger partial charge >= 0.3 is 11.9 Å². The van der Waals surface area contributed by atoms with Crippen LogP contribution in [0.3, 0.4) is 0 Å². The number of esters is 2. The number of methoxy groups -OCH3 is 2. The van der Waals surface area contributed by atoms with Gasteiger partial charge in [-0.15, -0.1) is 0 Å². The fourth-order valence-electron chi connectivity index (χ4n) is 1.64. The molecule has 0 unspecified atom stereocenters. The second kappa shape index (κ2) is 11.7. The first-order chi connectivity index (χ1) is 11.7. The lowest BCUT2D eigenvalue weighted by Gasteiger charge is -1.95. The van der Waals surface area contributed by atoms with Crippen LogP contribution in [0.25, 0.3) is 0 Å². The highest BCUT2D eigenvalue weighted by Crippen LogP contribution is 1.99. The molecule has 0 saturated carbocycles. The van der Waals surface area contributed by atoms with Crippen molar-refractivity contribution in [1.29, 1.82) is 0 Å². The molecule has 0 radical (unpaired) electrons. The highest BCUT2D eigenvalue weighted by atomic mass is 16.5. The summed E-state index contributed by atoms with van der Waals surface area (Å²) < 4.78 is 9.11. The molecule has 0 amide bonds. The molecule has 0 aliphatic rings. The number of rotatable bonds is 6. The molecular formula is C18H20N2O4. The van der Waals surface area contributed by atoms with E-state index in [-0.39, 0.29) is 11.9 Å². The first-order valence-electron chi connectivity index (χ1n) is 7.59. The number of carbonyl (C=O) groups is 2. The predicted molar refractivity (Wildman–Crippen MR) is 87.5 cm³/mol. The molecule has 6 nitrogen and oxygen atoms in total. The van der Waals surface area contributed by atoms with Crippen LogP contribution in [-0.2, 0) is 19.1 Å². The summed E-state index contributed by atoms with van der Waals surface area (Å²) in [5.74, 6) is 11.2. The smallest absolute Gasteiger partial charge is 0.305 e. The summed E-state index contributed by atoms with van der Waals surface area (Å²) in [6, 6.07) is 0. The van der Waals surface area contributed by atoms with Gasteiger partial charge in [0.25, 0.3) is 0 Å². The summed E-state index contributed by atoms with van der Waals surface area (Å²) in [7, 11) is 2.73. The molecule has 0 bridgehead atoms. The first-order valence-corrected chi connectivity index (χ1v) is 7.59. The van der Waals surface area contributed by atoms with Gasteiger partial charge in [0, 0.05) is 25.7 Å². The minimum atomic E-state index is -0.235. The molecule has 0 aliphatic heterocycles. The number of nitrogens with zero attached hydrogens (tertiary/aromatic N) is 2. The molecule has 1 aromatic heterocycles. The van der Waals surface area contributed by atoms with Crippen LogP contribution in [0.5, 0.6) is 0 Å². The minimum Gasteiger partial charge on any atom is -0.469 e. The zero-order valence-corrected chi connectivity index (χ0v) is 13.9. The van der Waals surface area contributed by atoms with Crippen LogP contribution < -0.4 is 0 Å². The van der Waals surface area contributed by atoms with Crippen molar-refractivity contribution in [1.82, 2.24) is 9.97 Å². The predicted octanol–water partition coefficient (Wildman–Crippen LogP) is 1.87. The molecular weight excluding hydrogens is 308 g/mol. The zero-order valence-electron chi connectivity index (χ0n) is 13.9. The molecule has 0 saturated heterocycles. The largest absolute Gasteiger partial charge is 0.469 e. The van der Waals surface area contributed by atoms with E-state index in [1.807, 2.05) is 0 Å². The third-order valence-corrected chi connectivity index (χ3v) is 2.89. The van der Waals surface area contributed by atoms with E-state index in [0.29, 0.717) is 49.9 Å². The molecule has 24 heavy (non-hydrogen) atoms. The normalized spacial score (nSPS) is 9.08. The number of hydrogen-bond acceptors (Lipinski definition) is 6. The van der Waals surface area contributed by atoms with Crippen molar-refractivity contribution >= 4 is 11.9 Å². The fraction of sp³-hybridized carbons (Fsp3) is 0.444. The third kappa shape index (κ3) is 8.55. The highest BCUT2D eigenvalue weighted by Gasteiger charge is 1.98. The van der Waals surface area contributed by atoms with Gasteiger partial charge in [-0.1, -0.05) is 11.8 Å².